The molecule has 0 aliphatic rings. The minimum atomic E-state index is -0.127. The smallest absolute Gasteiger partial charge is 0.259 e. The number of hydrogen-bond acceptors (Lipinski definition) is 3. The van der Waals surface area contributed by atoms with Crippen molar-refractivity contribution in [2.75, 3.05) is 0 Å². The summed E-state index contributed by atoms with van der Waals surface area (Å²) >= 11 is 0. The average molecular weight is 288 g/mol. The van der Waals surface area contributed by atoms with Crippen LogP contribution in [0.5, 0.6) is 0 Å². The van der Waals surface area contributed by atoms with Gasteiger partial charge in [-0.25, -0.2) is 9.97 Å². The van der Waals surface area contributed by atoms with Crippen LogP contribution < -0.4 is 5.56 Å². The van der Waals surface area contributed by atoms with Crippen LogP contribution in [0.3, 0.4) is 0 Å². The largest absolute Gasteiger partial charge is 0.345 e. The zero-order valence-electron chi connectivity index (χ0n) is 11.6. The number of para-hydroxylation sites is 1. The molecule has 4 aromatic rings. The fourth-order valence-corrected chi connectivity index (χ4v) is 2.44. The van der Waals surface area contributed by atoms with E-state index in [1.165, 1.54) is 0 Å². The van der Waals surface area contributed by atoms with Crippen molar-refractivity contribution < 1.29 is 0 Å². The monoisotopic (exact) mass is 288 g/mol. The molecule has 0 aliphatic carbocycles. The van der Waals surface area contributed by atoms with Gasteiger partial charge in [0.2, 0.25) is 0 Å². The predicted molar refractivity (Wildman–Crippen MR) is 85.4 cm³/mol. The number of aromatic amines is 2. The second-order valence-corrected chi connectivity index (χ2v) is 4.97. The van der Waals surface area contributed by atoms with Crippen LogP contribution in [0.4, 0.5) is 0 Å². The van der Waals surface area contributed by atoms with Gasteiger partial charge >= 0.3 is 0 Å². The standard InChI is InChI=1S/C17H12N4O/c22-17-13-3-1-2-4-14(13)20-16(21-17)12-7-5-11(6-8-12)15-9-18-10-19-15/h1-10H,(H,18,19)(H,20,21,22). The third-order valence-corrected chi connectivity index (χ3v) is 3.58. The van der Waals surface area contributed by atoms with E-state index < -0.39 is 0 Å². The van der Waals surface area contributed by atoms with Crippen molar-refractivity contribution >= 4 is 10.9 Å². The van der Waals surface area contributed by atoms with Gasteiger partial charge in [0.15, 0.2) is 0 Å². The van der Waals surface area contributed by atoms with Crippen LogP contribution in [0.15, 0.2) is 65.8 Å². The van der Waals surface area contributed by atoms with Crippen LogP contribution in [0.2, 0.25) is 0 Å². The van der Waals surface area contributed by atoms with E-state index in [1.807, 2.05) is 42.5 Å². The lowest BCUT2D eigenvalue weighted by Crippen LogP contribution is -2.09. The van der Waals surface area contributed by atoms with Crippen LogP contribution >= 0.6 is 0 Å². The molecule has 0 saturated heterocycles. The van der Waals surface area contributed by atoms with Gasteiger partial charge in [-0.15, -0.1) is 0 Å². The quantitative estimate of drug-likeness (QED) is 0.595. The van der Waals surface area contributed by atoms with E-state index in [1.54, 1.807) is 18.6 Å². The van der Waals surface area contributed by atoms with Gasteiger partial charge in [-0.3, -0.25) is 4.79 Å². The highest BCUT2D eigenvalue weighted by Crippen LogP contribution is 2.21. The molecule has 4 rings (SSSR count). The Morgan fingerprint density at radius 3 is 2.45 bits per heavy atom. The number of aromatic nitrogens is 4. The maximum Gasteiger partial charge on any atom is 0.259 e. The van der Waals surface area contributed by atoms with E-state index in [0.717, 1.165) is 16.8 Å². The SMILES string of the molecule is O=c1[nH]c(-c2ccc(-c3cnc[nH]3)cc2)nc2ccccc12. The molecule has 22 heavy (non-hydrogen) atoms. The van der Waals surface area contributed by atoms with Crippen LogP contribution in [-0.2, 0) is 0 Å². The van der Waals surface area contributed by atoms with E-state index >= 15 is 0 Å². The molecule has 0 unspecified atom stereocenters. The first-order chi connectivity index (χ1) is 10.8. The second-order valence-electron chi connectivity index (χ2n) is 4.97. The number of nitrogens with one attached hydrogen (secondary N) is 2. The highest BCUT2D eigenvalue weighted by Gasteiger charge is 2.06. The molecule has 2 aromatic heterocycles. The summed E-state index contributed by atoms with van der Waals surface area (Å²) in [5.74, 6) is 0.569. The van der Waals surface area contributed by atoms with Gasteiger partial charge in [-0.2, -0.15) is 0 Å². The average Bonchev–Trinajstić information content (AvgIpc) is 3.09. The van der Waals surface area contributed by atoms with Gasteiger partial charge in [-0.1, -0.05) is 36.4 Å². The van der Waals surface area contributed by atoms with Gasteiger partial charge in [0.05, 0.1) is 29.1 Å². The Morgan fingerprint density at radius 2 is 1.68 bits per heavy atom. The minimum absolute atomic E-state index is 0.127. The van der Waals surface area contributed by atoms with E-state index in [-0.39, 0.29) is 5.56 Å². The lowest BCUT2D eigenvalue weighted by molar-refractivity contribution is 1.18. The van der Waals surface area contributed by atoms with Crippen LogP contribution in [0.25, 0.3) is 33.5 Å². The fraction of sp³-hybridized carbons (Fsp3) is 0. The van der Waals surface area contributed by atoms with Crippen molar-refractivity contribution in [3.63, 3.8) is 0 Å². The summed E-state index contributed by atoms with van der Waals surface area (Å²) in [4.78, 5) is 26.5. The van der Waals surface area contributed by atoms with Crippen molar-refractivity contribution in [3.05, 3.63) is 71.4 Å². The summed E-state index contributed by atoms with van der Waals surface area (Å²) in [6.45, 7) is 0. The third kappa shape index (κ3) is 2.09. The summed E-state index contributed by atoms with van der Waals surface area (Å²) in [5.41, 5.74) is 3.42. The Kier molecular flexibility index (Phi) is 2.83. The minimum Gasteiger partial charge on any atom is -0.345 e. The topological polar surface area (TPSA) is 74.4 Å². The second kappa shape index (κ2) is 4.96. The molecule has 0 aliphatic heterocycles. The van der Waals surface area contributed by atoms with Gasteiger partial charge in [0.1, 0.15) is 5.82 Å². The number of hydrogen-bond donors (Lipinski definition) is 2. The Hall–Kier alpha value is -3.21. The summed E-state index contributed by atoms with van der Waals surface area (Å²) in [6, 6.07) is 15.1. The Morgan fingerprint density at radius 1 is 0.909 bits per heavy atom. The van der Waals surface area contributed by atoms with Crippen molar-refractivity contribution in [1.29, 1.82) is 0 Å². The van der Waals surface area contributed by atoms with Gasteiger partial charge in [-0.05, 0) is 17.7 Å². The van der Waals surface area contributed by atoms with E-state index in [4.69, 9.17) is 0 Å². The molecule has 106 valence electrons. The van der Waals surface area contributed by atoms with E-state index in [0.29, 0.717) is 16.7 Å². The van der Waals surface area contributed by atoms with Crippen molar-refractivity contribution in [2.45, 2.75) is 0 Å². The molecule has 0 fully saturated rings. The molecule has 0 atom stereocenters. The summed E-state index contributed by atoms with van der Waals surface area (Å²) in [6.07, 6.45) is 3.41. The number of H-pyrrole nitrogens is 2. The molecule has 5 nitrogen and oxygen atoms in total. The third-order valence-electron chi connectivity index (χ3n) is 3.58. The Balaban J connectivity index is 1.80. The molecule has 0 spiro atoms. The number of benzene rings is 2. The zero-order valence-corrected chi connectivity index (χ0v) is 11.6. The number of nitrogens with zero attached hydrogens (tertiary/aromatic N) is 2. The fourth-order valence-electron chi connectivity index (χ4n) is 2.44. The summed E-state index contributed by atoms with van der Waals surface area (Å²) < 4.78 is 0. The Labute approximate surface area is 125 Å². The lowest BCUT2D eigenvalue weighted by Gasteiger charge is -2.04. The first-order valence-electron chi connectivity index (χ1n) is 6.89. The predicted octanol–water partition coefficient (Wildman–Crippen LogP) is 2.98. The van der Waals surface area contributed by atoms with E-state index in [2.05, 4.69) is 19.9 Å². The first kappa shape index (κ1) is 12.5. The number of rotatable bonds is 2. The highest BCUT2D eigenvalue weighted by atomic mass is 16.1. The molecular weight excluding hydrogens is 276 g/mol. The van der Waals surface area contributed by atoms with Gasteiger partial charge in [0.25, 0.3) is 5.56 Å². The zero-order chi connectivity index (χ0) is 14.9. The normalized spacial score (nSPS) is 10.9. The van der Waals surface area contributed by atoms with Crippen molar-refractivity contribution in [1.82, 2.24) is 19.9 Å². The summed E-state index contributed by atoms with van der Waals surface area (Å²) in [5, 5.41) is 0.598. The molecule has 0 saturated carbocycles. The van der Waals surface area contributed by atoms with Gasteiger partial charge in [0, 0.05) is 5.56 Å². The first-order valence-corrected chi connectivity index (χ1v) is 6.89. The molecule has 5 heteroatoms. The molecular formula is C17H12N4O. The Bertz CT molecular complexity index is 985. The number of fused-ring (bicyclic) bond motifs is 1. The van der Waals surface area contributed by atoms with Crippen LogP contribution in [-0.4, -0.2) is 19.9 Å². The maximum atomic E-state index is 12.1. The van der Waals surface area contributed by atoms with Crippen molar-refractivity contribution in [2.24, 2.45) is 0 Å². The molecule has 2 aromatic carbocycles. The number of imidazole rings is 1. The van der Waals surface area contributed by atoms with E-state index in [9.17, 15) is 4.79 Å². The molecule has 2 heterocycles. The molecule has 2 N–H and O–H groups in total. The van der Waals surface area contributed by atoms with Crippen molar-refractivity contribution in [3.8, 4) is 22.6 Å². The molecule has 0 radical (unpaired) electrons. The molecule has 0 bridgehead atoms. The van der Waals surface area contributed by atoms with Crippen LogP contribution in [0.1, 0.15) is 0 Å². The van der Waals surface area contributed by atoms with Gasteiger partial charge < -0.3 is 9.97 Å². The maximum absolute atomic E-state index is 12.1. The van der Waals surface area contributed by atoms with Crippen LogP contribution in [0, 0.1) is 0 Å². The highest BCUT2D eigenvalue weighted by molar-refractivity contribution is 5.79. The molecule has 0 amide bonds. The lowest BCUT2D eigenvalue weighted by atomic mass is 10.1. The summed E-state index contributed by atoms with van der Waals surface area (Å²) in [7, 11) is 0.